The molecule has 3 heteroatoms. The Morgan fingerprint density at radius 3 is 3.08 bits per heavy atom. The van der Waals surface area contributed by atoms with E-state index >= 15 is 0 Å². The number of halogens is 1. The first-order valence-corrected chi connectivity index (χ1v) is 5.01. The Hall–Kier alpha value is -0.800. The van der Waals surface area contributed by atoms with Gasteiger partial charge in [-0.05, 0) is 24.7 Å². The van der Waals surface area contributed by atoms with Gasteiger partial charge in [0.1, 0.15) is 0 Å². The van der Waals surface area contributed by atoms with Gasteiger partial charge >= 0.3 is 0 Å². The predicted molar refractivity (Wildman–Crippen MR) is 58.8 cm³/mol. The van der Waals surface area contributed by atoms with E-state index in [-0.39, 0.29) is 0 Å². The van der Waals surface area contributed by atoms with E-state index in [1.54, 1.807) is 0 Å². The zero-order chi connectivity index (χ0) is 9.26. The highest BCUT2D eigenvalue weighted by Gasteiger charge is 2.04. The van der Waals surface area contributed by atoms with Gasteiger partial charge in [-0.2, -0.15) is 0 Å². The maximum Gasteiger partial charge on any atom is 0.0468 e. The number of nitrogens with one attached hydrogen (secondary N) is 2. The van der Waals surface area contributed by atoms with Crippen molar-refractivity contribution >= 4 is 26.8 Å². The molecule has 0 aliphatic rings. The van der Waals surface area contributed by atoms with Gasteiger partial charge in [-0.15, -0.1) is 0 Å². The van der Waals surface area contributed by atoms with E-state index in [1.807, 2.05) is 19.3 Å². The third-order valence-electron chi connectivity index (χ3n) is 2.10. The van der Waals surface area contributed by atoms with Crippen LogP contribution in [0.5, 0.6) is 0 Å². The van der Waals surface area contributed by atoms with Crippen molar-refractivity contribution in [2.75, 3.05) is 7.05 Å². The number of rotatable bonds is 2. The molecule has 0 atom stereocenters. The molecule has 0 aliphatic heterocycles. The van der Waals surface area contributed by atoms with Crippen LogP contribution in [-0.4, -0.2) is 12.0 Å². The summed E-state index contributed by atoms with van der Waals surface area (Å²) in [6, 6.07) is 6.18. The lowest BCUT2D eigenvalue weighted by Crippen LogP contribution is -2.04. The average Bonchev–Trinajstić information content (AvgIpc) is 2.51. The second-order valence-electron chi connectivity index (χ2n) is 3.01. The zero-order valence-electron chi connectivity index (χ0n) is 7.39. The van der Waals surface area contributed by atoms with Crippen molar-refractivity contribution < 1.29 is 0 Å². The predicted octanol–water partition coefficient (Wildman–Crippen LogP) is 2.65. The molecule has 0 saturated carbocycles. The fraction of sp³-hybridized carbons (Fsp3) is 0.200. The monoisotopic (exact) mass is 238 g/mol. The maximum absolute atomic E-state index is 3.55. The molecule has 68 valence electrons. The lowest BCUT2D eigenvalue weighted by atomic mass is 10.2. The van der Waals surface area contributed by atoms with Crippen molar-refractivity contribution in [2.24, 2.45) is 0 Å². The quantitative estimate of drug-likeness (QED) is 0.828. The van der Waals surface area contributed by atoms with Gasteiger partial charge in [0.25, 0.3) is 0 Å². The van der Waals surface area contributed by atoms with E-state index in [2.05, 4.69) is 38.4 Å². The lowest BCUT2D eigenvalue weighted by Gasteiger charge is -1.99. The molecule has 1 aromatic carbocycles. The normalized spacial score (nSPS) is 10.9. The minimum atomic E-state index is 0.891. The number of hydrogen-bond donors (Lipinski definition) is 2. The Balaban J connectivity index is 2.64. The third-order valence-corrected chi connectivity index (χ3v) is 2.76. The minimum absolute atomic E-state index is 0.891. The molecule has 0 amide bonds. The molecule has 0 unspecified atom stereocenters. The Morgan fingerprint density at radius 1 is 1.46 bits per heavy atom. The number of hydrogen-bond acceptors (Lipinski definition) is 1. The summed E-state index contributed by atoms with van der Waals surface area (Å²) in [6.07, 6.45) is 2.05. The highest BCUT2D eigenvalue weighted by Crippen LogP contribution is 2.26. The van der Waals surface area contributed by atoms with E-state index in [4.69, 9.17) is 0 Å². The van der Waals surface area contributed by atoms with Crippen LogP contribution in [0.25, 0.3) is 10.9 Å². The van der Waals surface area contributed by atoms with Gasteiger partial charge in [-0.3, -0.25) is 0 Å². The molecule has 0 aliphatic carbocycles. The van der Waals surface area contributed by atoms with Crippen LogP contribution in [0.4, 0.5) is 0 Å². The molecule has 0 fully saturated rings. The average molecular weight is 239 g/mol. The lowest BCUT2D eigenvalue weighted by molar-refractivity contribution is 0.823. The Labute approximate surface area is 85.5 Å². The number of H-pyrrole nitrogens is 1. The van der Waals surface area contributed by atoms with Crippen molar-refractivity contribution in [1.82, 2.24) is 10.3 Å². The van der Waals surface area contributed by atoms with Gasteiger partial charge in [0.05, 0.1) is 0 Å². The van der Waals surface area contributed by atoms with Gasteiger partial charge in [-0.1, -0.05) is 22.0 Å². The molecular weight excluding hydrogens is 228 g/mol. The van der Waals surface area contributed by atoms with Gasteiger partial charge in [0.15, 0.2) is 0 Å². The first kappa shape index (κ1) is 8.78. The van der Waals surface area contributed by atoms with Gasteiger partial charge < -0.3 is 10.3 Å². The molecule has 1 heterocycles. The van der Waals surface area contributed by atoms with E-state index in [9.17, 15) is 0 Å². The molecule has 1 aromatic heterocycles. The first-order chi connectivity index (χ1) is 6.33. The van der Waals surface area contributed by atoms with Gasteiger partial charge in [-0.25, -0.2) is 0 Å². The topological polar surface area (TPSA) is 27.8 Å². The van der Waals surface area contributed by atoms with Gasteiger partial charge in [0.2, 0.25) is 0 Å². The number of aromatic amines is 1. The van der Waals surface area contributed by atoms with E-state index in [0.717, 1.165) is 11.0 Å². The van der Waals surface area contributed by atoms with Gasteiger partial charge in [0, 0.05) is 28.1 Å². The minimum Gasteiger partial charge on any atom is -0.361 e. The summed E-state index contributed by atoms with van der Waals surface area (Å²) in [6.45, 7) is 0.891. The highest BCUT2D eigenvalue weighted by molar-refractivity contribution is 9.10. The number of fused-ring (bicyclic) bond motifs is 1. The summed E-state index contributed by atoms with van der Waals surface area (Å²) in [7, 11) is 1.95. The van der Waals surface area contributed by atoms with Crippen LogP contribution in [0, 0.1) is 0 Å². The fourth-order valence-corrected chi connectivity index (χ4v) is 2.16. The summed E-state index contributed by atoms with van der Waals surface area (Å²) in [5.74, 6) is 0. The van der Waals surface area contributed by atoms with Crippen molar-refractivity contribution in [2.45, 2.75) is 6.54 Å². The third kappa shape index (κ3) is 1.49. The molecule has 0 radical (unpaired) electrons. The van der Waals surface area contributed by atoms with Crippen molar-refractivity contribution in [3.8, 4) is 0 Å². The second-order valence-corrected chi connectivity index (χ2v) is 3.86. The molecule has 2 aromatic rings. The van der Waals surface area contributed by atoms with E-state index in [1.165, 1.54) is 16.5 Å². The van der Waals surface area contributed by atoms with Crippen LogP contribution in [0.2, 0.25) is 0 Å². The summed E-state index contributed by atoms with van der Waals surface area (Å²) < 4.78 is 1.15. The van der Waals surface area contributed by atoms with E-state index in [0.29, 0.717) is 0 Å². The van der Waals surface area contributed by atoms with Crippen molar-refractivity contribution in [3.05, 3.63) is 34.4 Å². The highest BCUT2D eigenvalue weighted by atomic mass is 79.9. The first-order valence-electron chi connectivity index (χ1n) is 4.22. The second kappa shape index (κ2) is 3.52. The largest absolute Gasteiger partial charge is 0.361 e. The molecule has 0 saturated heterocycles. The number of benzene rings is 1. The molecular formula is C10H11BrN2. The van der Waals surface area contributed by atoms with Crippen molar-refractivity contribution in [3.63, 3.8) is 0 Å². The number of aromatic nitrogens is 1. The van der Waals surface area contributed by atoms with Crippen molar-refractivity contribution in [1.29, 1.82) is 0 Å². The smallest absolute Gasteiger partial charge is 0.0468 e. The van der Waals surface area contributed by atoms with Crippen LogP contribution in [0.15, 0.2) is 28.9 Å². The molecule has 2 N–H and O–H groups in total. The zero-order valence-corrected chi connectivity index (χ0v) is 8.98. The Kier molecular flexibility index (Phi) is 2.38. The summed E-state index contributed by atoms with van der Waals surface area (Å²) in [4.78, 5) is 3.24. The molecule has 2 nitrogen and oxygen atoms in total. The van der Waals surface area contributed by atoms with Crippen LogP contribution in [0.1, 0.15) is 5.56 Å². The SMILES string of the molecule is CNCc1c[nH]c2cccc(Br)c12. The van der Waals surface area contributed by atoms with E-state index < -0.39 is 0 Å². The van der Waals surface area contributed by atoms with Crippen LogP contribution < -0.4 is 5.32 Å². The maximum atomic E-state index is 3.55. The molecule has 2 rings (SSSR count). The van der Waals surface area contributed by atoms with Crippen LogP contribution in [-0.2, 0) is 6.54 Å². The molecule has 13 heavy (non-hydrogen) atoms. The van der Waals surface area contributed by atoms with Crippen LogP contribution in [0.3, 0.4) is 0 Å². The van der Waals surface area contributed by atoms with Crippen LogP contribution >= 0.6 is 15.9 Å². The Bertz CT molecular complexity index is 420. The molecule has 0 spiro atoms. The Morgan fingerprint density at radius 2 is 2.31 bits per heavy atom. The fourth-order valence-electron chi connectivity index (χ4n) is 1.54. The summed E-state index contributed by atoms with van der Waals surface area (Å²) in [5, 5.41) is 4.42. The summed E-state index contributed by atoms with van der Waals surface area (Å²) in [5.41, 5.74) is 2.48. The standard InChI is InChI=1S/C10H11BrN2/c1-12-5-7-6-13-9-4-2-3-8(11)10(7)9/h2-4,6,12-13H,5H2,1H3. The summed E-state index contributed by atoms with van der Waals surface area (Å²) >= 11 is 3.55. The molecule has 0 bridgehead atoms.